The molecule has 4 N–H and O–H groups in total. The molecular formula is C23H41F2N5O. The summed E-state index contributed by atoms with van der Waals surface area (Å²) in [5.74, 6) is 1.11. The first-order chi connectivity index (χ1) is 14.6. The predicted octanol–water partition coefficient (Wildman–Crippen LogP) is 3.73. The molecule has 5 atom stereocenters. The predicted molar refractivity (Wildman–Crippen MR) is 120 cm³/mol. The van der Waals surface area contributed by atoms with E-state index in [0.717, 1.165) is 12.3 Å². The summed E-state index contributed by atoms with van der Waals surface area (Å²) in [6, 6.07) is 0.380. The van der Waals surface area contributed by atoms with Crippen LogP contribution in [-0.2, 0) is 4.79 Å². The van der Waals surface area contributed by atoms with E-state index in [4.69, 9.17) is 4.99 Å². The Morgan fingerprint density at radius 1 is 1.00 bits per heavy atom. The summed E-state index contributed by atoms with van der Waals surface area (Å²) >= 11 is 0. The zero-order chi connectivity index (χ0) is 22.6. The Balaban J connectivity index is 1.59. The number of halogens is 2. The van der Waals surface area contributed by atoms with Crippen molar-refractivity contribution in [2.75, 3.05) is 0 Å². The van der Waals surface area contributed by atoms with Crippen LogP contribution < -0.4 is 21.5 Å². The third-order valence-corrected chi connectivity index (χ3v) is 7.03. The zero-order valence-corrected chi connectivity index (χ0v) is 19.5. The monoisotopic (exact) mass is 441 g/mol. The standard InChI is InChI=1S/C23H41F2N5O/c1-5-14-6-8-15(9-7-14)19-13-20(30-29-19)26-22(28-23(2,3)4)27-21(31)16-10-11-17(24)18(25)12-16/h14-20,29-30H,5-13H2,1-4H3,(H2,26,27,28,31). The van der Waals surface area contributed by atoms with Gasteiger partial charge in [0, 0.05) is 23.9 Å². The highest BCUT2D eigenvalue weighted by atomic mass is 19.2. The minimum absolute atomic E-state index is 0.0679. The van der Waals surface area contributed by atoms with E-state index in [-0.39, 0.29) is 30.5 Å². The van der Waals surface area contributed by atoms with Crippen LogP contribution in [0.1, 0.15) is 85.5 Å². The molecule has 1 saturated heterocycles. The second kappa shape index (κ2) is 10.6. The molecule has 3 aliphatic rings. The van der Waals surface area contributed by atoms with Gasteiger partial charge in [0.15, 0.2) is 5.96 Å². The number of carbonyl (C=O) groups is 1. The quantitative estimate of drug-likeness (QED) is 0.396. The van der Waals surface area contributed by atoms with Crippen LogP contribution in [0.2, 0.25) is 0 Å². The lowest BCUT2D eigenvalue weighted by molar-refractivity contribution is -0.125. The lowest BCUT2D eigenvalue weighted by Crippen LogP contribution is -2.52. The first kappa shape index (κ1) is 24.4. The molecule has 0 radical (unpaired) electrons. The lowest BCUT2D eigenvalue weighted by atomic mass is 9.77. The Morgan fingerprint density at radius 2 is 1.71 bits per heavy atom. The number of hydrogen-bond donors (Lipinski definition) is 4. The molecule has 0 aromatic carbocycles. The van der Waals surface area contributed by atoms with E-state index in [0.29, 0.717) is 24.3 Å². The topological polar surface area (TPSA) is 77.5 Å². The summed E-state index contributed by atoms with van der Waals surface area (Å²) < 4.78 is 27.2. The molecule has 8 heteroatoms. The van der Waals surface area contributed by atoms with Gasteiger partial charge in [-0.25, -0.2) is 19.2 Å². The third-order valence-electron chi connectivity index (χ3n) is 7.03. The van der Waals surface area contributed by atoms with Crippen LogP contribution >= 0.6 is 0 Å². The summed E-state index contributed by atoms with van der Waals surface area (Å²) in [4.78, 5) is 17.5. The molecular weight excluding hydrogens is 400 g/mol. The Bertz CT molecular complexity index is 630. The van der Waals surface area contributed by atoms with Crippen molar-refractivity contribution >= 4 is 11.9 Å². The van der Waals surface area contributed by atoms with E-state index in [9.17, 15) is 13.6 Å². The van der Waals surface area contributed by atoms with Gasteiger partial charge in [0.25, 0.3) is 0 Å². The molecule has 3 rings (SSSR count). The molecule has 0 aromatic rings. The van der Waals surface area contributed by atoms with Crippen LogP contribution in [0.5, 0.6) is 0 Å². The molecule has 1 aliphatic heterocycles. The Morgan fingerprint density at radius 3 is 2.32 bits per heavy atom. The van der Waals surface area contributed by atoms with Crippen LogP contribution in [-0.4, -0.2) is 42.0 Å². The van der Waals surface area contributed by atoms with Gasteiger partial charge >= 0.3 is 0 Å². The highest BCUT2D eigenvalue weighted by Crippen LogP contribution is 2.34. The lowest BCUT2D eigenvalue weighted by Gasteiger charge is -2.31. The van der Waals surface area contributed by atoms with Crippen molar-refractivity contribution in [3.05, 3.63) is 0 Å². The van der Waals surface area contributed by atoms with Crippen molar-refractivity contribution in [1.29, 1.82) is 0 Å². The van der Waals surface area contributed by atoms with E-state index < -0.39 is 18.3 Å². The van der Waals surface area contributed by atoms with Crippen LogP contribution in [0.3, 0.4) is 0 Å². The fourth-order valence-electron chi connectivity index (χ4n) is 5.10. The van der Waals surface area contributed by atoms with Crippen LogP contribution in [0.4, 0.5) is 8.78 Å². The summed E-state index contributed by atoms with van der Waals surface area (Å²) in [5, 5.41) is 6.12. The Labute approximate surface area is 185 Å². The van der Waals surface area contributed by atoms with Gasteiger partial charge in [-0.1, -0.05) is 26.2 Å². The number of hydrogen-bond acceptors (Lipinski definition) is 4. The largest absolute Gasteiger partial charge is 0.351 e. The number of alkyl halides is 2. The normalized spacial score (nSPS) is 37.5. The number of rotatable bonds is 4. The smallest absolute Gasteiger partial charge is 0.229 e. The maximum atomic E-state index is 13.8. The van der Waals surface area contributed by atoms with E-state index in [1.165, 1.54) is 32.1 Å². The summed E-state index contributed by atoms with van der Waals surface area (Å²) in [6.45, 7) is 8.27. The maximum absolute atomic E-state index is 13.8. The number of nitrogens with one attached hydrogen (secondary N) is 4. The fraction of sp³-hybridized carbons (Fsp3) is 0.913. The maximum Gasteiger partial charge on any atom is 0.229 e. The van der Waals surface area contributed by atoms with Crippen molar-refractivity contribution in [2.45, 2.75) is 116 Å². The van der Waals surface area contributed by atoms with E-state index in [1.54, 1.807) is 0 Å². The molecule has 3 fully saturated rings. The molecule has 5 unspecified atom stereocenters. The first-order valence-electron chi connectivity index (χ1n) is 12.1. The molecule has 0 aromatic heterocycles. The number of amides is 1. The van der Waals surface area contributed by atoms with Crippen molar-refractivity contribution in [1.82, 2.24) is 21.5 Å². The van der Waals surface area contributed by atoms with Crippen molar-refractivity contribution in [2.24, 2.45) is 22.7 Å². The van der Waals surface area contributed by atoms with Gasteiger partial charge in [-0.3, -0.25) is 15.5 Å². The number of hydrazine groups is 1. The molecule has 31 heavy (non-hydrogen) atoms. The molecule has 2 aliphatic carbocycles. The first-order valence-corrected chi connectivity index (χ1v) is 12.1. The zero-order valence-electron chi connectivity index (χ0n) is 19.5. The number of aliphatic imine (C=N–C) groups is 1. The molecule has 1 heterocycles. The minimum Gasteiger partial charge on any atom is -0.351 e. The number of nitrogens with zero attached hydrogens (tertiary/aromatic N) is 1. The highest BCUT2D eigenvalue weighted by molar-refractivity contribution is 5.98. The number of guanidine groups is 1. The van der Waals surface area contributed by atoms with Crippen molar-refractivity contribution in [3.63, 3.8) is 0 Å². The Kier molecular flexibility index (Phi) is 8.30. The summed E-state index contributed by atoms with van der Waals surface area (Å²) in [6.07, 6.45) is 4.47. The van der Waals surface area contributed by atoms with Crippen LogP contribution in [0, 0.1) is 17.8 Å². The minimum atomic E-state index is -1.57. The summed E-state index contributed by atoms with van der Waals surface area (Å²) in [7, 11) is 0. The van der Waals surface area contributed by atoms with Gasteiger partial charge in [0.05, 0.1) is 0 Å². The third kappa shape index (κ3) is 7.11. The fourth-order valence-corrected chi connectivity index (χ4v) is 5.10. The van der Waals surface area contributed by atoms with Gasteiger partial charge in [-0.2, -0.15) is 0 Å². The van der Waals surface area contributed by atoms with Gasteiger partial charge in [0.2, 0.25) is 5.91 Å². The van der Waals surface area contributed by atoms with Gasteiger partial charge < -0.3 is 5.32 Å². The van der Waals surface area contributed by atoms with Crippen LogP contribution in [0.25, 0.3) is 0 Å². The average Bonchev–Trinajstić information content (AvgIpc) is 3.17. The van der Waals surface area contributed by atoms with Crippen LogP contribution in [0.15, 0.2) is 4.99 Å². The molecule has 0 spiro atoms. The average molecular weight is 442 g/mol. The summed E-state index contributed by atoms with van der Waals surface area (Å²) in [5.41, 5.74) is 6.39. The molecule has 1 amide bonds. The number of carbonyl (C=O) groups excluding carboxylic acids is 1. The Hall–Kier alpha value is -1.28. The van der Waals surface area contributed by atoms with E-state index in [2.05, 4.69) is 28.4 Å². The second-order valence-electron chi connectivity index (χ2n) is 10.7. The van der Waals surface area contributed by atoms with Gasteiger partial charge in [-0.15, -0.1) is 0 Å². The van der Waals surface area contributed by atoms with Gasteiger partial charge in [-0.05, 0) is 64.7 Å². The molecule has 0 bridgehead atoms. The van der Waals surface area contributed by atoms with E-state index >= 15 is 0 Å². The van der Waals surface area contributed by atoms with E-state index in [1.807, 2.05) is 20.8 Å². The molecule has 6 nitrogen and oxygen atoms in total. The van der Waals surface area contributed by atoms with Gasteiger partial charge in [0.1, 0.15) is 18.5 Å². The van der Waals surface area contributed by atoms with Crippen molar-refractivity contribution in [3.8, 4) is 0 Å². The molecule has 2 saturated carbocycles. The second-order valence-corrected chi connectivity index (χ2v) is 10.7. The molecule has 178 valence electrons. The van der Waals surface area contributed by atoms with Crippen molar-refractivity contribution < 1.29 is 13.6 Å². The highest BCUT2D eigenvalue weighted by Gasteiger charge is 2.36. The SMILES string of the molecule is CCC1CCC(C2CC(/N=C(/NC(=O)C3CCC(F)C(F)C3)NC(C)(C)C)NN2)CC1.